The molecule has 0 amide bonds. The average molecular weight is 198 g/mol. The molecule has 0 radical (unpaired) electrons. The number of hydrogen-bond donors (Lipinski definition) is 1. The molecule has 0 atom stereocenters. The van der Waals surface area contributed by atoms with Gasteiger partial charge in [0.15, 0.2) is 0 Å². The van der Waals surface area contributed by atoms with Gasteiger partial charge in [0.25, 0.3) is 0 Å². The molecule has 0 spiro atoms. The lowest BCUT2D eigenvalue weighted by Crippen LogP contribution is -1.86. The minimum absolute atomic E-state index is 0.128. The van der Waals surface area contributed by atoms with Gasteiger partial charge in [-0.25, -0.2) is 0 Å². The summed E-state index contributed by atoms with van der Waals surface area (Å²) in [6.45, 7) is 3.66. The Morgan fingerprint density at radius 1 is 1.83 bits per heavy atom. The van der Waals surface area contributed by atoms with E-state index in [1.165, 1.54) is 0 Å². The first-order valence-corrected chi connectivity index (χ1v) is 3.17. The Balaban J connectivity index is 2.99. The summed E-state index contributed by atoms with van der Waals surface area (Å²) in [6, 6.07) is 0. The highest BCUT2D eigenvalue weighted by molar-refractivity contribution is 14.1. The van der Waals surface area contributed by atoms with E-state index in [1.54, 1.807) is 0 Å². The Morgan fingerprint density at radius 2 is 2.33 bits per heavy atom. The molecular weight excluding hydrogens is 191 g/mol. The van der Waals surface area contributed by atoms with Crippen LogP contribution in [-0.2, 0) is 0 Å². The summed E-state index contributed by atoms with van der Waals surface area (Å²) >= 11 is 2.15. The van der Waals surface area contributed by atoms with Crippen molar-refractivity contribution in [3.05, 3.63) is 12.2 Å². The molecule has 6 heavy (non-hydrogen) atoms. The Hall–Kier alpha value is 0.430. The molecule has 0 heterocycles. The quantitative estimate of drug-likeness (QED) is 0.398. The van der Waals surface area contributed by atoms with Crippen LogP contribution in [0.15, 0.2) is 12.2 Å². The second-order valence-corrected chi connectivity index (χ2v) is 1.80. The second kappa shape index (κ2) is 3.61. The summed E-state index contributed by atoms with van der Waals surface area (Å²) in [5, 5.41) is 8.23. The van der Waals surface area contributed by atoms with Gasteiger partial charge >= 0.3 is 0 Å². The second-order valence-electron chi connectivity index (χ2n) is 1.04. The molecule has 0 saturated carbocycles. The van der Waals surface area contributed by atoms with Crippen molar-refractivity contribution in [2.45, 2.75) is 0 Å². The zero-order valence-corrected chi connectivity index (χ0v) is 5.60. The molecule has 0 aliphatic heterocycles. The number of aliphatic hydroxyl groups is 1. The van der Waals surface area contributed by atoms with E-state index >= 15 is 0 Å². The van der Waals surface area contributed by atoms with E-state index in [2.05, 4.69) is 29.2 Å². The van der Waals surface area contributed by atoms with Crippen LogP contribution in [0.5, 0.6) is 0 Å². The molecule has 36 valence electrons. The van der Waals surface area contributed by atoms with Gasteiger partial charge in [-0.2, -0.15) is 0 Å². The van der Waals surface area contributed by atoms with Gasteiger partial charge in [-0.15, -0.1) is 0 Å². The maximum absolute atomic E-state index is 8.23. The van der Waals surface area contributed by atoms with Crippen LogP contribution in [0, 0.1) is 0 Å². The number of halogens is 1. The first-order valence-electron chi connectivity index (χ1n) is 1.64. The lowest BCUT2D eigenvalue weighted by Gasteiger charge is -1.87. The molecule has 1 nitrogen and oxygen atoms in total. The van der Waals surface area contributed by atoms with Gasteiger partial charge in [-0.05, 0) is 5.57 Å². The summed E-state index contributed by atoms with van der Waals surface area (Å²) in [5.74, 6) is 0. The molecule has 2 heteroatoms. The largest absolute Gasteiger partial charge is 0.392 e. The topological polar surface area (TPSA) is 20.2 Å². The summed E-state index contributed by atoms with van der Waals surface area (Å²) < 4.78 is 0.855. The van der Waals surface area contributed by atoms with Crippen LogP contribution < -0.4 is 0 Å². The summed E-state index contributed by atoms with van der Waals surface area (Å²) in [7, 11) is 0. The number of alkyl halides is 1. The summed E-state index contributed by atoms with van der Waals surface area (Å²) in [4.78, 5) is 0. The lowest BCUT2D eigenvalue weighted by atomic mass is 10.4. The van der Waals surface area contributed by atoms with Gasteiger partial charge in [0.05, 0.1) is 6.61 Å². The molecule has 0 fully saturated rings. The van der Waals surface area contributed by atoms with Crippen molar-refractivity contribution in [3.63, 3.8) is 0 Å². The third-order valence-electron chi connectivity index (χ3n) is 0.413. The zero-order valence-electron chi connectivity index (χ0n) is 3.45. The van der Waals surface area contributed by atoms with E-state index in [0.717, 1.165) is 10.0 Å². The highest BCUT2D eigenvalue weighted by Gasteiger charge is 1.80. The molecule has 0 aliphatic carbocycles. The molecule has 0 aromatic carbocycles. The van der Waals surface area contributed by atoms with Crippen LogP contribution in [0.3, 0.4) is 0 Å². The molecule has 0 rings (SSSR count). The third-order valence-corrected chi connectivity index (χ3v) is 1.49. The summed E-state index contributed by atoms with van der Waals surface area (Å²) in [5.41, 5.74) is 0.885. The van der Waals surface area contributed by atoms with Crippen LogP contribution in [0.25, 0.3) is 0 Å². The lowest BCUT2D eigenvalue weighted by molar-refractivity contribution is 0.333. The van der Waals surface area contributed by atoms with Crippen molar-refractivity contribution in [2.24, 2.45) is 0 Å². The average Bonchev–Trinajstić information content (AvgIpc) is 1.65. The standard InChI is InChI=1S/C4H7IO/c1-4(2-5)3-6/h6H,1-3H2. The van der Waals surface area contributed by atoms with Crippen LogP contribution >= 0.6 is 22.6 Å². The molecule has 0 aromatic rings. The molecule has 0 aliphatic rings. The van der Waals surface area contributed by atoms with Crippen LogP contribution in [0.1, 0.15) is 0 Å². The number of hydrogen-bond acceptors (Lipinski definition) is 1. The predicted octanol–water partition coefficient (Wildman–Crippen LogP) is 0.970. The fraction of sp³-hybridized carbons (Fsp3) is 0.500. The molecule has 0 unspecified atom stereocenters. The minimum Gasteiger partial charge on any atom is -0.392 e. The van der Waals surface area contributed by atoms with Gasteiger partial charge in [0.1, 0.15) is 0 Å². The van der Waals surface area contributed by atoms with E-state index in [4.69, 9.17) is 5.11 Å². The first kappa shape index (κ1) is 6.43. The number of rotatable bonds is 2. The summed E-state index contributed by atoms with van der Waals surface area (Å²) in [6.07, 6.45) is 0. The minimum atomic E-state index is 0.128. The van der Waals surface area contributed by atoms with Crippen molar-refractivity contribution in [3.8, 4) is 0 Å². The Morgan fingerprint density at radius 3 is 2.33 bits per heavy atom. The molecule has 0 aromatic heterocycles. The van der Waals surface area contributed by atoms with Gasteiger partial charge in [-0.1, -0.05) is 29.2 Å². The highest BCUT2D eigenvalue weighted by atomic mass is 127. The Labute approximate surface area is 51.2 Å². The highest BCUT2D eigenvalue weighted by Crippen LogP contribution is 1.92. The van der Waals surface area contributed by atoms with Crippen molar-refractivity contribution < 1.29 is 5.11 Å². The zero-order chi connectivity index (χ0) is 4.99. The normalized spacial score (nSPS) is 8.33. The molecule has 1 N–H and O–H groups in total. The van der Waals surface area contributed by atoms with Gasteiger partial charge in [-0.3, -0.25) is 0 Å². The van der Waals surface area contributed by atoms with Crippen LogP contribution in [0.2, 0.25) is 0 Å². The van der Waals surface area contributed by atoms with Crippen molar-refractivity contribution in [1.82, 2.24) is 0 Å². The van der Waals surface area contributed by atoms with E-state index in [0.29, 0.717) is 0 Å². The van der Waals surface area contributed by atoms with E-state index in [1.807, 2.05) is 0 Å². The first-order chi connectivity index (χ1) is 2.81. The molecule has 0 saturated heterocycles. The van der Waals surface area contributed by atoms with Gasteiger partial charge < -0.3 is 5.11 Å². The predicted molar refractivity (Wildman–Crippen MR) is 35.1 cm³/mol. The van der Waals surface area contributed by atoms with Crippen molar-refractivity contribution >= 4 is 22.6 Å². The van der Waals surface area contributed by atoms with Crippen molar-refractivity contribution in [2.75, 3.05) is 11.0 Å². The van der Waals surface area contributed by atoms with E-state index in [-0.39, 0.29) is 6.61 Å². The van der Waals surface area contributed by atoms with E-state index in [9.17, 15) is 0 Å². The number of aliphatic hydroxyl groups excluding tert-OH is 1. The fourth-order valence-electron chi connectivity index (χ4n) is 0.0423. The fourth-order valence-corrected chi connectivity index (χ4v) is 0.283. The smallest absolute Gasteiger partial charge is 0.0646 e. The maximum Gasteiger partial charge on any atom is 0.0646 e. The maximum atomic E-state index is 8.23. The Bertz CT molecular complexity index is 45.5. The van der Waals surface area contributed by atoms with Crippen molar-refractivity contribution in [1.29, 1.82) is 0 Å². The molecular formula is C4H7IO. The monoisotopic (exact) mass is 198 g/mol. The SMILES string of the molecule is C=C(CO)CI. The third kappa shape index (κ3) is 2.66. The molecule has 0 bridgehead atoms. The van der Waals surface area contributed by atoms with E-state index < -0.39 is 0 Å². The Kier molecular flexibility index (Phi) is 3.87. The van der Waals surface area contributed by atoms with Gasteiger partial charge in [0.2, 0.25) is 0 Å². The van der Waals surface area contributed by atoms with Gasteiger partial charge in [0, 0.05) is 4.43 Å². The van der Waals surface area contributed by atoms with Crippen LogP contribution in [-0.4, -0.2) is 16.1 Å². The van der Waals surface area contributed by atoms with Crippen LogP contribution in [0.4, 0.5) is 0 Å².